The zero-order chi connectivity index (χ0) is 14.4. The van der Waals surface area contributed by atoms with E-state index in [4.69, 9.17) is 9.47 Å². The third-order valence-electron chi connectivity index (χ3n) is 2.61. The summed E-state index contributed by atoms with van der Waals surface area (Å²) >= 11 is 0. The van der Waals surface area contributed by atoms with Gasteiger partial charge in [-0.3, -0.25) is 4.79 Å². The van der Waals surface area contributed by atoms with Crippen molar-refractivity contribution in [3.8, 4) is 11.5 Å². The molecule has 0 fully saturated rings. The van der Waals surface area contributed by atoms with Gasteiger partial charge in [0.2, 0.25) is 0 Å². The van der Waals surface area contributed by atoms with Gasteiger partial charge in [-0.15, -0.1) is 0 Å². The third-order valence-corrected chi connectivity index (χ3v) is 2.61. The molecule has 4 heteroatoms. The van der Waals surface area contributed by atoms with E-state index in [1.165, 1.54) is 6.07 Å². The lowest BCUT2D eigenvalue weighted by Crippen LogP contribution is -2.10. The molecule has 0 radical (unpaired) electrons. The van der Waals surface area contributed by atoms with Crippen molar-refractivity contribution >= 4 is 12.3 Å². The summed E-state index contributed by atoms with van der Waals surface area (Å²) in [5, 5.41) is 0. The topological polar surface area (TPSA) is 52.6 Å². The Labute approximate surface area is 116 Å². The average Bonchev–Trinajstić information content (AvgIpc) is 2.48. The molecular formula is C16H14O4. The summed E-state index contributed by atoms with van der Waals surface area (Å²) in [6, 6.07) is 13.3. The first-order chi connectivity index (χ1) is 9.74. The van der Waals surface area contributed by atoms with Crippen LogP contribution in [0, 0.1) is 0 Å². The van der Waals surface area contributed by atoms with Crippen molar-refractivity contribution in [2.75, 3.05) is 6.61 Å². The molecule has 0 saturated heterocycles. The summed E-state index contributed by atoms with van der Waals surface area (Å²) in [7, 11) is 0. The Hall–Kier alpha value is -2.62. The van der Waals surface area contributed by atoms with E-state index in [-0.39, 0.29) is 0 Å². The summed E-state index contributed by atoms with van der Waals surface area (Å²) < 4.78 is 10.6. The van der Waals surface area contributed by atoms with Crippen LogP contribution in [-0.4, -0.2) is 18.9 Å². The monoisotopic (exact) mass is 270 g/mol. The van der Waals surface area contributed by atoms with Gasteiger partial charge in [0.05, 0.1) is 6.61 Å². The Balaban J connectivity index is 2.21. The van der Waals surface area contributed by atoms with Crippen molar-refractivity contribution in [1.82, 2.24) is 0 Å². The first kappa shape index (κ1) is 13.8. The number of esters is 1. The summed E-state index contributed by atoms with van der Waals surface area (Å²) in [5.41, 5.74) is 0.805. The highest BCUT2D eigenvalue weighted by Gasteiger charge is 2.14. The average molecular weight is 270 g/mol. The van der Waals surface area contributed by atoms with Crippen LogP contribution in [0.25, 0.3) is 0 Å². The second kappa shape index (κ2) is 6.52. The SMILES string of the molecule is CCOc1ccccc1C(=O)Oc1cccc(C=O)c1. The fraction of sp³-hybridized carbons (Fsp3) is 0.125. The Bertz CT molecular complexity index is 619. The van der Waals surface area contributed by atoms with Crippen molar-refractivity contribution in [2.24, 2.45) is 0 Å². The molecule has 0 aliphatic rings. The number of ether oxygens (including phenoxy) is 2. The lowest BCUT2D eigenvalue weighted by molar-refractivity contribution is 0.0730. The number of carbonyl (C=O) groups excluding carboxylic acids is 2. The van der Waals surface area contributed by atoms with Gasteiger partial charge in [-0.1, -0.05) is 24.3 Å². The lowest BCUT2D eigenvalue weighted by Gasteiger charge is -2.09. The number of para-hydroxylation sites is 1. The summed E-state index contributed by atoms with van der Waals surface area (Å²) in [6.07, 6.45) is 0.700. The molecule has 0 bridgehead atoms. The van der Waals surface area contributed by atoms with E-state index in [1.807, 2.05) is 6.92 Å². The molecular weight excluding hydrogens is 256 g/mol. The van der Waals surface area contributed by atoms with Crippen LogP contribution in [0.2, 0.25) is 0 Å². The van der Waals surface area contributed by atoms with Crippen LogP contribution in [0.1, 0.15) is 27.6 Å². The lowest BCUT2D eigenvalue weighted by atomic mass is 10.2. The van der Waals surface area contributed by atoms with E-state index in [9.17, 15) is 9.59 Å². The minimum absolute atomic E-state index is 0.325. The molecule has 0 amide bonds. The van der Waals surface area contributed by atoms with Crippen LogP contribution < -0.4 is 9.47 Å². The Morgan fingerprint density at radius 1 is 1.15 bits per heavy atom. The Morgan fingerprint density at radius 2 is 1.95 bits per heavy atom. The number of rotatable bonds is 5. The number of hydrogen-bond donors (Lipinski definition) is 0. The predicted octanol–water partition coefficient (Wildman–Crippen LogP) is 3.12. The first-order valence-electron chi connectivity index (χ1n) is 6.24. The summed E-state index contributed by atoms with van der Waals surface area (Å²) in [6.45, 7) is 2.31. The molecule has 0 N–H and O–H groups in total. The van der Waals surface area contributed by atoms with Gasteiger partial charge in [0.25, 0.3) is 0 Å². The minimum Gasteiger partial charge on any atom is -0.493 e. The Kier molecular flexibility index (Phi) is 4.50. The maximum Gasteiger partial charge on any atom is 0.347 e. The predicted molar refractivity (Wildman–Crippen MR) is 74.4 cm³/mol. The molecule has 0 aromatic heterocycles. The van der Waals surface area contributed by atoms with Crippen molar-refractivity contribution in [1.29, 1.82) is 0 Å². The van der Waals surface area contributed by atoms with E-state index >= 15 is 0 Å². The van der Waals surface area contributed by atoms with Crippen LogP contribution in [0.5, 0.6) is 11.5 Å². The van der Waals surface area contributed by atoms with Gasteiger partial charge in [-0.05, 0) is 31.2 Å². The smallest absolute Gasteiger partial charge is 0.347 e. The maximum atomic E-state index is 12.1. The third kappa shape index (κ3) is 3.23. The summed E-state index contributed by atoms with van der Waals surface area (Å²) in [4.78, 5) is 22.8. The van der Waals surface area contributed by atoms with Gasteiger partial charge in [0.15, 0.2) is 0 Å². The highest BCUT2D eigenvalue weighted by molar-refractivity contribution is 5.94. The van der Waals surface area contributed by atoms with Gasteiger partial charge in [0.1, 0.15) is 23.3 Å². The van der Waals surface area contributed by atoms with Gasteiger partial charge < -0.3 is 9.47 Å². The number of carbonyl (C=O) groups is 2. The van der Waals surface area contributed by atoms with Gasteiger partial charge >= 0.3 is 5.97 Å². The molecule has 2 rings (SSSR count). The highest BCUT2D eigenvalue weighted by Crippen LogP contribution is 2.21. The molecule has 20 heavy (non-hydrogen) atoms. The van der Waals surface area contributed by atoms with Crippen molar-refractivity contribution in [3.05, 3.63) is 59.7 Å². The standard InChI is InChI=1S/C16H14O4/c1-2-19-15-9-4-3-8-14(15)16(18)20-13-7-5-6-12(10-13)11-17/h3-11H,2H2,1H3. The molecule has 0 saturated carbocycles. The van der Waals surface area contributed by atoms with Crippen LogP contribution >= 0.6 is 0 Å². The maximum absolute atomic E-state index is 12.1. The quantitative estimate of drug-likeness (QED) is 0.476. The largest absolute Gasteiger partial charge is 0.493 e. The molecule has 0 unspecified atom stereocenters. The van der Waals surface area contributed by atoms with Crippen molar-refractivity contribution < 1.29 is 19.1 Å². The normalized spacial score (nSPS) is 9.85. The first-order valence-corrected chi connectivity index (χ1v) is 6.24. The number of hydrogen-bond acceptors (Lipinski definition) is 4. The molecule has 4 nitrogen and oxygen atoms in total. The second-order valence-corrected chi connectivity index (χ2v) is 4.01. The zero-order valence-corrected chi connectivity index (χ0v) is 11.0. The van der Waals surface area contributed by atoms with Gasteiger partial charge in [-0.25, -0.2) is 4.79 Å². The zero-order valence-electron chi connectivity index (χ0n) is 11.0. The molecule has 102 valence electrons. The van der Waals surface area contributed by atoms with Gasteiger partial charge in [0, 0.05) is 5.56 Å². The fourth-order valence-corrected chi connectivity index (χ4v) is 1.73. The minimum atomic E-state index is -0.517. The number of benzene rings is 2. The Morgan fingerprint density at radius 3 is 2.70 bits per heavy atom. The van der Waals surface area contributed by atoms with E-state index in [2.05, 4.69) is 0 Å². The molecule has 0 atom stereocenters. The van der Waals surface area contributed by atoms with E-state index < -0.39 is 5.97 Å². The summed E-state index contributed by atoms with van der Waals surface area (Å²) in [5.74, 6) is 0.287. The van der Waals surface area contributed by atoms with E-state index in [1.54, 1.807) is 42.5 Å². The van der Waals surface area contributed by atoms with E-state index in [0.29, 0.717) is 35.5 Å². The van der Waals surface area contributed by atoms with Crippen LogP contribution in [-0.2, 0) is 0 Å². The van der Waals surface area contributed by atoms with Gasteiger partial charge in [-0.2, -0.15) is 0 Å². The second-order valence-electron chi connectivity index (χ2n) is 4.01. The molecule has 0 aliphatic heterocycles. The van der Waals surface area contributed by atoms with Crippen LogP contribution in [0.15, 0.2) is 48.5 Å². The molecule has 0 heterocycles. The van der Waals surface area contributed by atoms with E-state index in [0.717, 1.165) is 0 Å². The molecule has 0 spiro atoms. The highest BCUT2D eigenvalue weighted by atomic mass is 16.5. The fourth-order valence-electron chi connectivity index (χ4n) is 1.73. The molecule has 0 aliphatic carbocycles. The van der Waals surface area contributed by atoms with Crippen molar-refractivity contribution in [2.45, 2.75) is 6.92 Å². The number of aldehydes is 1. The van der Waals surface area contributed by atoms with Crippen molar-refractivity contribution in [3.63, 3.8) is 0 Å². The van der Waals surface area contributed by atoms with Crippen LogP contribution in [0.4, 0.5) is 0 Å². The molecule has 2 aromatic rings. The van der Waals surface area contributed by atoms with Crippen LogP contribution in [0.3, 0.4) is 0 Å². The molecule has 2 aromatic carbocycles.